The molecular formula is C15H25N3O. The lowest BCUT2D eigenvalue weighted by atomic mass is 9.47. The molecule has 0 spiro atoms. The number of aromatic nitrogens is 2. The Labute approximate surface area is 115 Å². The van der Waals surface area contributed by atoms with Gasteiger partial charge in [0.2, 0.25) is 0 Å². The summed E-state index contributed by atoms with van der Waals surface area (Å²) in [6.45, 7) is 5.43. The highest BCUT2D eigenvalue weighted by Gasteiger charge is 2.54. The molecule has 19 heavy (non-hydrogen) atoms. The van der Waals surface area contributed by atoms with Gasteiger partial charge in [-0.3, -0.25) is 4.68 Å². The molecule has 3 fully saturated rings. The minimum Gasteiger partial charge on any atom is -0.387 e. The zero-order valence-corrected chi connectivity index (χ0v) is 12.1. The first-order valence-corrected chi connectivity index (χ1v) is 7.38. The molecule has 3 aliphatic rings. The van der Waals surface area contributed by atoms with Gasteiger partial charge < -0.3 is 10.4 Å². The Kier molecular flexibility index (Phi) is 3.18. The Morgan fingerprint density at radius 2 is 2.32 bits per heavy atom. The van der Waals surface area contributed by atoms with Gasteiger partial charge in [0.1, 0.15) is 0 Å². The van der Waals surface area contributed by atoms with Crippen LogP contribution in [0.2, 0.25) is 0 Å². The van der Waals surface area contributed by atoms with Crippen LogP contribution in [0.25, 0.3) is 0 Å². The summed E-state index contributed by atoms with van der Waals surface area (Å²) in [5.41, 5.74) is 1.39. The fourth-order valence-corrected chi connectivity index (χ4v) is 4.05. The molecule has 4 rings (SSSR count). The molecule has 0 aromatic carbocycles. The van der Waals surface area contributed by atoms with E-state index in [0.29, 0.717) is 18.0 Å². The summed E-state index contributed by atoms with van der Waals surface area (Å²) in [7, 11) is 1.88. The van der Waals surface area contributed by atoms with Crippen LogP contribution in [0.1, 0.15) is 44.8 Å². The first-order valence-electron chi connectivity index (χ1n) is 7.38. The Bertz CT molecular complexity index is 452. The molecule has 0 aliphatic heterocycles. The molecule has 0 saturated heterocycles. The molecule has 106 valence electrons. The van der Waals surface area contributed by atoms with E-state index in [0.717, 1.165) is 17.4 Å². The van der Waals surface area contributed by atoms with Crippen molar-refractivity contribution in [3.8, 4) is 0 Å². The van der Waals surface area contributed by atoms with Crippen LogP contribution < -0.4 is 5.32 Å². The van der Waals surface area contributed by atoms with Crippen molar-refractivity contribution >= 4 is 0 Å². The topological polar surface area (TPSA) is 50.1 Å². The Morgan fingerprint density at radius 3 is 2.89 bits per heavy atom. The van der Waals surface area contributed by atoms with Gasteiger partial charge in [-0.05, 0) is 36.5 Å². The van der Waals surface area contributed by atoms with Crippen molar-refractivity contribution in [3.05, 3.63) is 18.0 Å². The highest BCUT2D eigenvalue weighted by molar-refractivity contribution is 5.09. The van der Waals surface area contributed by atoms with Crippen LogP contribution >= 0.6 is 0 Å². The summed E-state index contributed by atoms with van der Waals surface area (Å²) in [4.78, 5) is 0. The average molecular weight is 263 g/mol. The van der Waals surface area contributed by atoms with Gasteiger partial charge in [0.25, 0.3) is 0 Å². The van der Waals surface area contributed by atoms with Crippen LogP contribution in [-0.4, -0.2) is 27.5 Å². The van der Waals surface area contributed by atoms with E-state index in [1.54, 1.807) is 10.9 Å². The van der Waals surface area contributed by atoms with Crippen LogP contribution in [0, 0.1) is 17.3 Å². The van der Waals surface area contributed by atoms with Gasteiger partial charge in [-0.1, -0.05) is 13.8 Å². The van der Waals surface area contributed by atoms with Crippen molar-refractivity contribution in [2.45, 2.75) is 45.3 Å². The minimum atomic E-state index is -0.449. The molecule has 2 bridgehead atoms. The van der Waals surface area contributed by atoms with Gasteiger partial charge in [0.05, 0.1) is 12.3 Å². The molecule has 1 aromatic rings. The first kappa shape index (κ1) is 13.1. The van der Waals surface area contributed by atoms with E-state index in [2.05, 4.69) is 24.3 Å². The van der Waals surface area contributed by atoms with Gasteiger partial charge in [-0.15, -0.1) is 0 Å². The first-order chi connectivity index (χ1) is 8.98. The lowest BCUT2D eigenvalue weighted by Gasteiger charge is -2.60. The van der Waals surface area contributed by atoms with E-state index >= 15 is 0 Å². The van der Waals surface area contributed by atoms with Crippen molar-refractivity contribution in [3.63, 3.8) is 0 Å². The van der Waals surface area contributed by atoms with Crippen LogP contribution in [0.3, 0.4) is 0 Å². The Morgan fingerprint density at radius 1 is 1.53 bits per heavy atom. The zero-order chi connectivity index (χ0) is 13.6. The highest BCUT2D eigenvalue weighted by atomic mass is 16.3. The predicted octanol–water partition coefficient (Wildman–Crippen LogP) is 1.87. The Balaban J connectivity index is 1.55. The average Bonchev–Trinajstić information content (AvgIpc) is 2.82. The van der Waals surface area contributed by atoms with Gasteiger partial charge in [0, 0.05) is 31.4 Å². The number of aliphatic hydroxyl groups excluding tert-OH is 1. The lowest BCUT2D eigenvalue weighted by molar-refractivity contribution is -0.0883. The molecule has 1 aromatic heterocycles. The van der Waals surface area contributed by atoms with Crippen molar-refractivity contribution in [1.29, 1.82) is 0 Å². The summed E-state index contributed by atoms with van der Waals surface area (Å²) in [6.07, 6.45) is 7.15. The van der Waals surface area contributed by atoms with Crippen molar-refractivity contribution < 1.29 is 5.11 Å². The third-order valence-corrected chi connectivity index (χ3v) is 5.54. The molecule has 4 nitrogen and oxygen atoms in total. The molecule has 0 radical (unpaired) electrons. The van der Waals surface area contributed by atoms with Gasteiger partial charge in [0.15, 0.2) is 0 Å². The number of hydrogen-bond acceptors (Lipinski definition) is 3. The summed E-state index contributed by atoms with van der Waals surface area (Å²) in [5, 5.41) is 17.9. The largest absolute Gasteiger partial charge is 0.387 e. The molecule has 1 heterocycles. The molecular weight excluding hydrogens is 238 g/mol. The maximum atomic E-state index is 10.2. The maximum absolute atomic E-state index is 10.2. The van der Waals surface area contributed by atoms with Crippen LogP contribution in [0.5, 0.6) is 0 Å². The van der Waals surface area contributed by atoms with Crippen molar-refractivity contribution in [2.75, 3.05) is 6.54 Å². The normalized spacial score (nSPS) is 33.8. The fraction of sp³-hybridized carbons (Fsp3) is 0.800. The fourth-order valence-electron chi connectivity index (χ4n) is 4.05. The van der Waals surface area contributed by atoms with E-state index in [9.17, 15) is 5.11 Å². The monoisotopic (exact) mass is 263 g/mol. The van der Waals surface area contributed by atoms with Crippen LogP contribution in [0.4, 0.5) is 0 Å². The van der Waals surface area contributed by atoms with Crippen LogP contribution in [-0.2, 0) is 7.05 Å². The van der Waals surface area contributed by atoms with Crippen molar-refractivity contribution in [2.24, 2.45) is 24.3 Å². The lowest BCUT2D eigenvalue weighted by Crippen LogP contribution is -2.59. The smallest absolute Gasteiger partial charge is 0.0944 e. The minimum absolute atomic E-state index is 0.449. The van der Waals surface area contributed by atoms with E-state index in [1.807, 2.05) is 13.2 Å². The number of rotatable bonds is 4. The van der Waals surface area contributed by atoms with Gasteiger partial charge in [-0.2, -0.15) is 5.10 Å². The molecule has 0 amide bonds. The summed E-state index contributed by atoms with van der Waals surface area (Å²) < 4.78 is 1.73. The number of aryl methyl sites for hydroxylation is 1. The number of nitrogens with one attached hydrogen (secondary N) is 1. The molecule has 3 saturated carbocycles. The van der Waals surface area contributed by atoms with Crippen LogP contribution in [0.15, 0.2) is 12.4 Å². The Hall–Kier alpha value is -0.870. The third-order valence-electron chi connectivity index (χ3n) is 5.54. The predicted molar refractivity (Wildman–Crippen MR) is 74.6 cm³/mol. The summed E-state index contributed by atoms with van der Waals surface area (Å²) in [6, 6.07) is 0.575. The zero-order valence-electron chi connectivity index (χ0n) is 12.1. The summed E-state index contributed by atoms with van der Waals surface area (Å²) >= 11 is 0. The second kappa shape index (κ2) is 4.60. The maximum Gasteiger partial charge on any atom is 0.0944 e. The number of aliphatic hydroxyl groups is 1. The van der Waals surface area contributed by atoms with E-state index in [-0.39, 0.29) is 0 Å². The summed E-state index contributed by atoms with van der Waals surface area (Å²) in [5.74, 6) is 1.71. The molecule has 3 aliphatic carbocycles. The number of fused-ring (bicyclic) bond motifs is 2. The molecule has 4 heteroatoms. The third kappa shape index (κ3) is 2.21. The van der Waals surface area contributed by atoms with Gasteiger partial charge in [-0.25, -0.2) is 0 Å². The highest BCUT2D eigenvalue weighted by Crippen LogP contribution is 2.59. The van der Waals surface area contributed by atoms with E-state index in [1.165, 1.54) is 19.3 Å². The van der Waals surface area contributed by atoms with Gasteiger partial charge >= 0.3 is 0 Å². The second-order valence-electron chi connectivity index (χ2n) is 6.92. The molecule has 4 atom stereocenters. The SMILES string of the molecule is Cn1cc(C(O)CNC2CC[C@H]3C[C@@H]2C3(C)C)cn1. The molecule has 2 unspecified atom stereocenters. The standard InChI is InChI=1S/C15H25N3O/c1-15(2)11-4-5-13(12(15)6-11)16-8-14(19)10-7-17-18(3)9-10/h7,9,11-14,16,19H,4-6,8H2,1-3H3/t11-,12-,13?,14?/m0/s1. The number of hydrogen-bond donors (Lipinski definition) is 2. The van der Waals surface area contributed by atoms with Crippen molar-refractivity contribution in [1.82, 2.24) is 15.1 Å². The quantitative estimate of drug-likeness (QED) is 0.872. The van der Waals surface area contributed by atoms with E-state index in [4.69, 9.17) is 0 Å². The number of nitrogens with zero attached hydrogens (tertiary/aromatic N) is 2. The molecule has 2 N–H and O–H groups in total. The van der Waals surface area contributed by atoms with E-state index < -0.39 is 6.10 Å². The second-order valence-corrected chi connectivity index (χ2v) is 6.92.